The van der Waals surface area contributed by atoms with E-state index < -0.39 is 26.1 Å². The average Bonchev–Trinajstić information content (AvgIpc) is 3.45. The Morgan fingerprint density at radius 3 is 1.67 bits per heavy atom. The Kier molecular flexibility index (Phi) is 5.75. The molecule has 2 aliphatic rings. The topological polar surface area (TPSA) is 122 Å². The average molecular weight is 418 g/mol. The number of hydrogen-bond acceptors (Lipinski definition) is 6. The molecule has 2 N–H and O–H groups in total. The molecule has 2 fully saturated rings. The van der Waals surface area contributed by atoms with Crippen LogP contribution in [0.1, 0.15) is 25.7 Å². The van der Waals surface area contributed by atoms with Crippen LogP contribution in [0.4, 0.5) is 4.79 Å². The molecule has 1 saturated carbocycles. The fourth-order valence-corrected chi connectivity index (χ4v) is 5.49. The van der Waals surface area contributed by atoms with Crippen molar-refractivity contribution in [2.24, 2.45) is 0 Å². The Hall–Kier alpha value is -1.69. The second kappa shape index (κ2) is 7.74. The van der Waals surface area contributed by atoms with Gasteiger partial charge in [0.05, 0.1) is 16.9 Å². The molecule has 150 valence electrons. The highest BCUT2D eigenvalue weighted by molar-refractivity contribution is 7.90. The van der Waals surface area contributed by atoms with Gasteiger partial charge < -0.3 is 9.64 Å². The van der Waals surface area contributed by atoms with Crippen molar-refractivity contribution in [3.8, 4) is 0 Å². The van der Waals surface area contributed by atoms with Crippen LogP contribution in [0.25, 0.3) is 0 Å². The second-order valence-corrected chi connectivity index (χ2v) is 10.1. The van der Waals surface area contributed by atoms with Crippen molar-refractivity contribution in [3.05, 3.63) is 24.3 Å². The molecule has 27 heavy (non-hydrogen) atoms. The maximum Gasteiger partial charge on any atom is 0.409 e. The summed E-state index contributed by atoms with van der Waals surface area (Å²) in [6, 6.07) is 4.84. The zero-order chi connectivity index (χ0) is 19.7. The van der Waals surface area contributed by atoms with Gasteiger partial charge in [-0.25, -0.2) is 31.1 Å². The van der Waals surface area contributed by atoms with Crippen LogP contribution in [0, 0.1) is 0 Å². The normalized spacial score (nSPS) is 19.1. The first-order chi connectivity index (χ1) is 12.7. The smallest absolute Gasteiger partial charge is 0.409 e. The number of carbonyl (C=O) groups excluding carboxylic acids is 1. The molecular weight excluding hydrogens is 394 g/mol. The third kappa shape index (κ3) is 4.98. The van der Waals surface area contributed by atoms with E-state index in [9.17, 15) is 21.6 Å². The third-order valence-corrected chi connectivity index (χ3v) is 7.67. The van der Waals surface area contributed by atoms with Crippen LogP contribution < -0.4 is 9.44 Å². The standard InChI is InChI=1S/C16H23N3O6S2/c1-25-16(20)19-10-8-13(9-11-19)18-27(23,24)15-6-4-14(5-7-15)26(21,22)17-12-2-3-12/h4-7,12-13,17-18H,2-3,8-11H2,1H3. The number of amides is 1. The molecule has 1 aromatic carbocycles. The fourth-order valence-electron chi connectivity index (χ4n) is 2.88. The number of nitrogens with zero attached hydrogens (tertiary/aromatic N) is 1. The van der Waals surface area contributed by atoms with Gasteiger partial charge in [0, 0.05) is 25.2 Å². The van der Waals surface area contributed by atoms with Crippen molar-refractivity contribution >= 4 is 26.1 Å². The number of piperidine rings is 1. The number of methoxy groups -OCH3 is 1. The van der Waals surface area contributed by atoms with Gasteiger partial charge in [-0.1, -0.05) is 0 Å². The first kappa shape index (κ1) is 20.1. The van der Waals surface area contributed by atoms with Crippen molar-refractivity contribution < 1.29 is 26.4 Å². The van der Waals surface area contributed by atoms with Crippen LogP contribution in [-0.4, -0.2) is 60.1 Å². The molecule has 11 heteroatoms. The summed E-state index contributed by atoms with van der Waals surface area (Å²) in [7, 11) is -6.09. The van der Waals surface area contributed by atoms with E-state index >= 15 is 0 Å². The van der Waals surface area contributed by atoms with Crippen LogP contribution in [0.2, 0.25) is 0 Å². The minimum absolute atomic E-state index is 0.00303. The van der Waals surface area contributed by atoms with E-state index in [1.807, 2.05) is 0 Å². The quantitative estimate of drug-likeness (QED) is 0.700. The molecule has 0 atom stereocenters. The molecule has 0 radical (unpaired) electrons. The van der Waals surface area contributed by atoms with E-state index in [2.05, 4.69) is 14.2 Å². The first-order valence-electron chi connectivity index (χ1n) is 8.69. The lowest BCUT2D eigenvalue weighted by Crippen LogP contribution is -2.46. The van der Waals surface area contributed by atoms with Crippen LogP contribution in [0.5, 0.6) is 0 Å². The molecule has 0 aromatic heterocycles. The minimum Gasteiger partial charge on any atom is -0.453 e. The number of sulfonamides is 2. The molecule has 1 saturated heterocycles. The van der Waals surface area contributed by atoms with Gasteiger partial charge in [0.1, 0.15) is 0 Å². The zero-order valence-electron chi connectivity index (χ0n) is 14.9. The van der Waals surface area contributed by atoms with Crippen molar-refractivity contribution in [2.45, 2.75) is 47.6 Å². The predicted molar refractivity (Wildman–Crippen MR) is 97.1 cm³/mol. The van der Waals surface area contributed by atoms with E-state index in [0.717, 1.165) is 12.8 Å². The number of rotatable bonds is 6. The van der Waals surface area contributed by atoms with Gasteiger partial charge in [-0.3, -0.25) is 0 Å². The number of hydrogen-bond donors (Lipinski definition) is 2. The Morgan fingerprint density at radius 1 is 0.889 bits per heavy atom. The maximum absolute atomic E-state index is 12.5. The largest absolute Gasteiger partial charge is 0.453 e. The zero-order valence-corrected chi connectivity index (χ0v) is 16.6. The number of ether oxygens (including phenoxy) is 1. The Labute approximate surface area is 159 Å². The summed E-state index contributed by atoms with van der Waals surface area (Å²) in [4.78, 5) is 13.0. The number of benzene rings is 1. The molecule has 1 aliphatic carbocycles. The summed E-state index contributed by atoms with van der Waals surface area (Å²) in [6.07, 6.45) is 2.18. The lowest BCUT2D eigenvalue weighted by molar-refractivity contribution is 0.111. The molecule has 0 bridgehead atoms. The molecule has 1 aromatic rings. The van der Waals surface area contributed by atoms with Gasteiger partial charge >= 0.3 is 6.09 Å². The molecule has 1 amide bonds. The molecular formula is C16H23N3O6S2. The SMILES string of the molecule is COC(=O)N1CCC(NS(=O)(=O)c2ccc(S(=O)(=O)NC3CC3)cc2)CC1. The van der Waals surface area contributed by atoms with E-state index in [0.29, 0.717) is 25.9 Å². The third-order valence-electron chi connectivity index (χ3n) is 4.59. The van der Waals surface area contributed by atoms with Gasteiger partial charge in [-0.2, -0.15) is 0 Å². The number of nitrogens with one attached hydrogen (secondary N) is 2. The van der Waals surface area contributed by atoms with Gasteiger partial charge in [0.2, 0.25) is 20.0 Å². The summed E-state index contributed by atoms with van der Waals surface area (Å²) >= 11 is 0. The van der Waals surface area contributed by atoms with Gasteiger partial charge in [0.15, 0.2) is 0 Å². The minimum atomic E-state index is -3.78. The summed E-state index contributed by atoms with van der Waals surface area (Å²) in [5, 5.41) is 0. The van der Waals surface area contributed by atoms with Gasteiger partial charge in [0.25, 0.3) is 0 Å². The van der Waals surface area contributed by atoms with Crippen LogP contribution in [-0.2, 0) is 24.8 Å². The van der Waals surface area contributed by atoms with E-state index in [-0.39, 0.29) is 21.9 Å². The predicted octanol–water partition coefficient (Wildman–Crippen LogP) is 0.636. The van der Waals surface area contributed by atoms with Crippen LogP contribution >= 0.6 is 0 Å². The molecule has 9 nitrogen and oxygen atoms in total. The first-order valence-corrected chi connectivity index (χ1v) is 11.7. The maximum atomic E-state index is 12.5. The van der Waals surface area contributed by atoms with Crippen molar-refractivity contribution in [1.82, 2.24) is 14.3 Å². The molecule has 0 spiro atoms. The van der Waals surface area contributed by atoms with Crippen molar-refractivity contribution in [1.29, 1.82) is 0 Å². The Balaban J connectivity index is 1.62. The van der Waals surface area contributed by atoms with Crippen LogP contribution in [0.3, 0.4) is 0 Å². The molecule has 3 rings (SSSR count). The lowest BCUT2D eigenvalue weighted by atomic mass is 10.1. The summed E-state index contributed by atoms with van der Waals surface area (Å²) < 4.78 is 59.2. The molecule has 1 heterocycles. The van der Waals surface area contributed by atoms with Gasteiger partial charge in [-0.15, -0.1) is 0 Å². The van der Waals surface area contributed by atoms with Crippen molar-refractivity contribution in [3.63, 3.8) is 0 Å². The summed E-state index contributed by atoms with van der Waals surface area (Å²) in [5.41, 5.74) is 0. The monoisotopic (exact) mass is 417 g/mol. The lowest BCUT2D eigenvalue weighted by Gasteiger charge is -2.31. The van der Waals surface area contributed by atoms with Gasteiger partial charge in [-0.05, 0) is 49.9 Å². The van der Waals surface area contributed by atoms with Crippen molar-refractivity contribution in [2.75, 3.05) is 20.2 Å². The molecule has 0 unspecified atom stereocenters. The Morgan fingerprint density at radius 2 is 1.30 bits per heavy atom. The number of likely N-dealkylation sites (tertiary alicyclic amines) is 1. The van der Waals surface area contributed by atoms with E-state index in [4.69, 9.17) is 0 Å². The van der Waals surface area contributed by atoms with Crippen LogP contribution in [0.15, 0.2) is 34.1 Å². The molecule has 1 aliphatic heterocycles. The summed E-state index contributed by atoms with van der Waals surface area (Å²) in [5.74, 6) is 0. The number of carbonyl (C=O) groups is 1. The Bertz CT molecular complexity index is 887. The van der Waals surface area contributed by atoms with E-state index in [1.165, 1.54) is 36.3 Å². The summed E-state index contributed by atoms with van der Waals surface area (Å²) in [6.45, 7) is 0.813. The van der Waals surface area contributed by atoms with E-state index in [1.54, 1.807) is 0 Å². The second-order valence-electron chi connectivity index (χ2n) is 6.72. The highest BCUT2D eigenvalue weighted by Gasteiger charge is 2.29. The highest BCUT2D eigenvalue weighted by atomic mass is 32.2. The fraction of sp³-hybridized carbons (Fsp3) is 0.562. The highest BCUT2D eigenvalue weighted by Crippen LogP contribution is 2.23.